The van der Waals surface area contributed by atoms with Crippen molar-refractivity contribution >= 4 is 28.9 Å². The number of hydrogen-bond donors (Lipinski definition) is 4. The Hall–Kier alpha value is -1.70. The Bertz CT molecular complexity index is 528. The van der Waals surface area contributed by atoms with Crippen molar-refractivity contribution in [3.8, 4) is 0 Å². The van der Waals surface area contributed by atoms with E-state index in [1.165, 1.54) is 0 Å². The summed E-state index contributed by atoms with van der Waals surface area (Å²) < 4.78 is 5.37. The van der Waals surface area contributed by atoms with E-state index in [0.29, 0.717) is 24.6 Å². The van der Waals surface area contributed by atoms with Crippen LogP contribution in [0.1, 0.15) is 46.0 Å². The minimum atomic E-state index is -0.649. The molecule has 1 amide bonds. The van der Waals surface area contributed by atoms with Gasteiger partial charge in [-0.2, -0.15) is 0 Å². The van der Waals surface area contributed by atoms with Gasteiger partial charge in [0.15, 0.2) is 5.11 Å². The fourth-order valence-corrected chi connectivity index (χ4v) is 2.64. The molecule has 146 valence electrons. The number of benzene rings is 1. The minimum Gasteiger partial charge on any atom is -0.391 e. The van der Waals surface area contributed by atoms with E-state index in [4.69, 9.17) is 17.0 Å². The normalized spacial score (nSPS) is 12.9. The molecule has 0 aliphatic carbocycles. The molecule has 0 radical (unpaired) electrons. The number of anilines is 1. The lowest BCUT2D eigenvalue weighted by Gasteiger charge is -2.20. The van der Waals surface area contributed by atoms with Crippen LogP contribution in [0.15, 0.2) is 30.3 Å². The number of carbonyl (C=O) groups excluding carboxylic acids is 1. The molecule has 2 atom stereocenters. The maximum atomic E-state index is 12.5. The largest absolute Gasteiger partial charge is 0.391 e. The summed E-state index contributed by atoms with van der Waals surface area (Å²) in [6.45, 7) is 4.96. The lowest BCUT2D eigenvalue weighted by atomic mass is 9.95. The number of hydrogen-bond acceptors (Lipinski definition) is 4. The molecule has 0 unspecified atom stereocenters. The Morgan fingerprint density at radius 3 is 2.58 bits per heavy atom. The van der Waals surface area contributed by atoms with Crippen LogP contribution >= 0.6 is 12.2 Å². The fraction of sp³-hybridized carbons (Fsp3) is 0.579. The van der Waals surface area contributed by atoms with Crippen LogP contribution in [0.2, 0.25) is 0 Å². The summed E-state index contributed by atoms with van der Waals surface area (Å²) in [5.74, 6) is -0.465. The third-order valence-electron chi connectivity index (χ3n) is 3.82. The molecule has 0 saturated heterocycles. The first-order valence-electron chi connectivity index (χ1n) is 9.24. The van der Waals surface area contributed by atoms with Crippen molar-refractivity contribution in [2.75, 3.05) is 18.5 Å². The van der Waals surface area contributed by atoms with Gasteiger partial charge in [0.05, 0.1) is 12.7 Å². The van der Waals surface area contributed by atoms with Crippen LogP contribution in [0.25, 0.3) is 0 Å². The first-order valence-corrected chi connectivity index (χ1v) is 9.65. The molecule has 1 aromatic rings. The molecule has 0 aromatic heterocycles. The second kappa shape index (κ2) is 13.5. The predicted octanol–water partition coefficient (Wildman–Crippen LogP) is 2.99. The Morgan fingerprint density at radius 2 is 1.92 bits per heavy atom. The van der Waals surface area contributed by atoms with Gasteiger partial charge in [-0.3, -0.25) is 15.6 Å². The van der Waals surface area contributed by atoms with Crippen molar-refractivity contribution < 1.29 is 14.6 Å². The van der Waals surface area contributed by atoms with Crippen molar-refractivity contribution in [1.82, 2.24) is 10.9 Å². The second-order valence-electron chi connectivity index (χ2n) is 6.24. The number of ether oxygens (including phenoxy) is 1. The molecule has 0 aliphatic heterocycles. The van der Waals surface area contributed by atoms with Crippen molar-refractivity contribution in [2.45, 2.75) is 52.1 Å². The van der Waals surface area contributed by atoms with Crippen LogP contribution < -0.4 is 16.2 Å². The second-order valence-corrected chi connectivity index (χ2v) is 6.65. The van der Waals surface area contributed by atoms with Crippen molar-refractivity contribution in [3.05, 3.63) is 30.3 Å². The van der Waals surface area contributed by atoms with E-state index in [1.54, 1.807) is 0 Å². The summed E-state index contributed by atoms with van der Waals surface area (Å²) in [5.41, 5.74) is 6.20. The molecule has 0 aliphatic rings. The van der Waals surface area contributed by atoms with Crippen LogP contribution in [0, 0.1) is 5.92 Å². The molecule has 0 spiro atoms. The zero-order chi connectivity index (χ0) is 19.2. The van der Waals surface area contributed by atoms with Crippen molar-refractivity contribution in [2.24, 2.45) is 5.92 Å². The number of carbonyl (C=O) groups is 1. The van der Waals surface area contributed by atoms with Gasteiger partial charge in [-0.25, -0.2) is 0 Å². The number of amides is 1. The molecule has 4 N–H and O–H groups in total. The van der Waals surface area contributed by atoms with Crippen molar-refractivity contribution in [1.29, 1.82) is 0 Å². The number of nitrogens with one attached hydrogen (secondary N) is 3. The molecule has 0 bridgehead atoms. The smallest absolute Gasteiger partial charge is 0.241 e. The van der Waals surface area contributed by atoms with Gasteiger partial charge >= 0.3 is 0 Å². The van der Waals surface area contributed by atoms with E-state index in [0.717, 1.165) is 24.9 Å². The van der Waals surface area contributed by atoms with Gasteiger partial charge in [0.25, 0.3) is 0 Å². The highest BCUT2D eigenvalue weighted by Crippen LogP contribution is 2.16. The maximum Gasteiger partial charge on any atom is 0.241 e. The highest BCUT2D eigenvalue weighted by Gasteiger charge is 2.22. The average molecular weight is 382 g/mol. The van der Waals surface area contributed by atoms with Crippen LogP contribution in [0.3, 0.4) is 0 Å². The zero-order valence-corrected chi connectivity index (χ0v) is 16.5. The van der Waals surface area contributed by atoms with Crippen LogP contribution in [-0.2, 0) is 9.53 Å². The van der Waals surface area contributed by atoms with Gasteiger partial charge in [-0.05, 0) is 43.6 Å². The Balaban J connectivity index is 2.44. The van der Waals surface area contributed by atoms with E-state index in [-0.39, 0.29) is 18.4 Å². The molecule has 0 fully saturated rings. The molecule has 0 saturated carbocycles. The number of hydrazine groups is 1. The Labute approximate surface area is 161 Å². The zero-order valence-electron chi connectivity index (χ0n) is 15.7. The van der Waals surface area contributed by atoms with Gasteiger partial charge in [0, 0.05) is 18.2 Å². The SMILES string of the molecule is CCCC[C@H](C[C@H](O)COCCC)C(=O)NNC(=S)Nc1ccccc1. The van der Waals surface area contributed by atoms with E-state index < -0.39 is 6.10 Å². The molecule has 0 heterocycles. The molecule has 26 heavy (non-hydrogen) atoms. The molecular weight excluding hydrogens is 350 g/mol. The quantitative estimate of drug-likeness (QED) is 0.268. The molecule has 7 heteroatoms. The van der Waals surface area contributed by atoms with E-state index in [9.17, 15) is 9.90 Å². The summed E-state index contributed by atoms with van der Waals surface area (Å²) in [4.78, 5) is 12.5. The van der Waals surface area contributed by atoms with E-state index >= 15 is 0 Å². The predicted molar refractivity (Wildman–Crippen MR) is 109 cm³/mol. The minimum absolute atomic E-state index is 0.176. The van der Waals surface area contributed by atoms with E-state index in [1.807, 2.05) is 37.3 Å². The highest BCUT2D eigenvalue weighted by atomic mass is 32.1. The number of thiocarbonyl (C=S) groups is 1. The Kier molecular flexibility index (Phi) is 11.6. The Morgan fingerprint density at radius 1 is 1.19 bits per heavy atom. The summed E-state index contributed by atoms with van der Waals surface area (Å²) in [6.07, 6.45) is 3.26. The molecule has 1 rings (SSSR count). The lowest BCUT2D eigenvalue weighted by Crippen LogP contribution is -2.46. The highest BCUT2D eigenvalue weighted by molar-refractivity contribution is 7.80. The first kappa shape index (κ1) is 22.3. The number of aliphatic hydroxyl groups is 1. The lowest BCUT2D eigenvalue weighted by molar-refractivity contribution is -0.127. The van der Waals surface area contributed by atoms with Crippen LogP contribution in [0.5, 0.6) is 0 Å². The topological polar surface area (TPSA) is 82.6 Å². The van der Waals surface area contributed by atoms with Gasteiger partial charge in [0.2, 0.25) is 5.91 Å². The van der Waals surface area contributed by atoms with Gasteiger partial charge < -0.3 is 15.2 Å². The summed E-state index contributed by atoms with van der Waals surface area (Å²) in [7, 11) is 0. The standard InChI is InChI=1S/C19H31N3O3S/c1-3-5-9-15(13-17(23)14-25-12-4-2)18(24)21-22-19(26)20-16-10-7-6-8-11-16/h6-8,10-11,15,17,23H,3-5,9,12-14H2,1-2H3,(H,21,24)(H2,20,22,26)/t15-,17+/m1/s1. The average Bonchev–Trinajstić information content (AvgIpc) is 2.64. The third kappa shape index (κ3) is 9.70. The molecule has 1 aromatic carbocycles. The van der Waals surface area contributed by atoms with Gasteiger partial charge in [-0.1, -0.05) is 44.9 Å². The van der Waals surface area contributed by atoms with Gasteiger partial charge in [-0.15, -0.1) is 0 Å². The van der Waals surface area contributed by atoms with Crippen molar-refractivity contribution in [3.63, 3.8) is 0 Å². The van der Waals surface area contributed by atoms with E-state index in [2.05, 4.69) is 23.1 Å². The van der Waals surface area contributed by atoms with Crippen LogP contribution in [-0.4, -0.2) is 35.4 Å². The first-order chi connectivity index (χ1) is 12.6. The number of para-hydroxylation sites is 1. The van der Waals surface area contributed by atoms with Gasteiger partial charge in [0.1, 0.15) is 0 Å². The maximum absolute atomic E-state index is 12.5. The third-order valence-corrected chi connectivity index (χ3v) is 4.03. The molecule has 6 nitrogen and oxygen atoms in total. The van der Waals surface area contributed by atoms with Crippen LogP contribution in [0.4, 0.5) is 5.69 Å². The monoisotopic (exact) mass is 381 g/mol. The summed E-state index contributed by atoms with van der Waals surface area (Å²) in [6, 6.07) is 9.47. The number of rotatable bonds is 11. The summed E-state index contributed by atoms with van der Waals surface area (Å²) in [5, 5.41) is 13.4. The number of unbranched alkanes of at least 4 members (excludes halogenated alkanes) is 1. The fourth-order valence-electron chi connectivity index (χ4n) is 2.47. The summed E-state index contributed by atoms with van der Waals surface area (Å²) >= 11 is 5.18. The number of aliphatic hydroxyl groups excluding tert-OH is 1. The molecular formula is C19H31N3O3S.